The molecule has 0 aromatic carbocycles. The first kappa shape index (κ1) is 12.1. The second-order valence-corrected chi connectivity index (χ2v) is 6.65. The van der Waals surface area contributed by atoms with E-state index in [4.69, 9.17) is 4.52 Å². The van der Waals surface area contributed by atoms with Gasteiger partial charge in [0, 0.05) is 5.92 Å². The molecule has 0 aliphatic heterocycles. The summed E-state index contributed by atoms with van der Waals surface area (Å²) in [5.41, 5.74) is 0.776. The minimum absolute atomic E-state index is 0.219. The van der Waals surface area contributed by atoms with Gasteiger partial charge in [-0.15, -0.1) is 0 Å². The van der Waals surface area contributed by atoms with E-state index in [0.29, 0.717) is 5.69 Å². The summed E-state index contributed by atoms with van der Waals surface area (Å²) in [6.07, 6.45) is 3.12. The van der Waals surface area contributed by atoms with Crippen molar-refractivity contribution < 1.29 is 17.7 Å². The van der Waals surface area contributed by atoms with E-state index >= 15 is 0 Å². The second kappa shape index (κ2) is 4.14. The van der Waals surface area contributed by atoms with Crippen molar-refractivity contribution in [3.05, 3.63) is 17.5 Å². The Labute approximate surface area is 99.4 Å². The summed E-state index contributed by atoms with van der Waals surface area (Å²) in [5, 5.41) is 3.09. The Morgan fingerprint density at radius 3 is 2.71 bits per heavy atom. The van der Waals surface area contributed by atoms with Crippen LogP contribution in [0.3, 0.4) is 0 Å². The molecule has 0 unspecified atom stereocenters. The third kappa shape index (κ3) is 2.49. The van der Waals surface area contributed by atoms with E-state index < -0.39 is 21.2 Å². The van der Waals surface area contributed by atoms with Crippen LogP contribution in [0.1, 0.15) is 48.7 Å². The van der Waals surface area contributed by atoms with Crippen molar-refractivity contribution in [1.82, 2.24) is 9.88 Å². The largest absolute Gasteiger partial charge is 0.364 e. The lowest BCUT2D eigenvalue weighted by atomic mass is 10.2. The van der Waals surface area contributed by atoms with E-state index in [-0.39, 0.29) is 11.5 Å². The molecule has 1 aliphatic carbocycles. The first-order valence-electron chi connectivity index (χ1n) is 5.42. The fraction of sp³-hybridized carbons (Fsp3) is 0.600. The molecule has 0 saturated heterocycles. The number of nitrogens with one attached hydrogen (secondary N) is 1. The molecule has 1 saturated carbocycles. The first-order valence-corrected chi connectivity index (χ1v) is 6.96. The van der Waals surface area contributed by atoms with E-state index in [0.717, 1.165) is 12.8 Å². The van der Waals surface area contributed by atoms with Gasteiger partial charge >= 0.3 is 0 Å². The Kier molecular flexibility index (Phi) is 2.94. The Hall–Kier alpha value is -1.37. The molecule has 1 aliphatic rings. The van der Waals surface area contributed by atoms with Crippen LogP contribution in [0.15, 0.2) is 10.8 Å². The third-order valence-corrected chi connectivity index (χ3v) is 4.37. The Balaban J connectivity index is 2.18. The number of carbonyl (C=O) groups is 1. The molecule has 1 fully saturated rings. The highest BCUT2D eigenvalue weighted by molar-refractivity contribution is 7.90. The van der Waals surface area contributed by atoms with Crippen LogP contribution in [-0.2, 0) is 10.0 Å². The zero-order valence-corrected chi connectivity index (χ0v) is 10.5. The predicted octanol–water partition coefficient (Wildman–Crippen LogP) is 1.02. The van der Waals surface area contributed by atoms with Crippen molar-refractivity contribution in [3.63, 3.8) is 0 Å². The number of rotatable bonds is 4. The minimum Gasteiger partial charge on any atom is -0.364 e. The van der Waals surface area contributed by atoms with Gasteiger partial charge in [0.25, 0.3) is 5.91 Å². The van der Waals surface area contributed by atoms with Crippen LogP contribution in [-0.4, -0.2) is 24.7 Å². The summed E-state index contributed by atoms with van der Waals surface area (Å²) in [4.78, 5) is 11.8. The smallest absolute Gasteiger partial charge is 0.269 e. The van der Waals surface area contributed by atoms with Gasteiger partial charge in [0.1, 0.15) is 11.8 Å². The molecule has 0 spiro atoms. The summed E-state index contributed by atoms with van der Waals surface area (Å²) in [7, 11) is -3.61. The monoisotopic (exact) mass is 258 g/mol. The fourth-order valence-corrected chi connectivity index (χ4v) is 1.97. The number of hydrogen-bond acceptors (Lipinski definition) is 5. The molecule has 0 atom stereocenters. The number of nitrogens with zero attached hydrogens (tertiary/aromatic N) is 1. The van der Waals surface area contributed by atoms with Gasteiger partial charge in [-0.3, -0.25) is 4.79 Å². The molecule has 0 bridgehead atoms. The van der Waals surface area contributed by atoms with Gasteiger partial charge in [0.15, 0.2) is 0 Å². The van der Waals surface area contributed by atoms with Crippen LogP contribution in [0.2, 0.25) is 0 Å². The van der Waals surface area contributed by atoms with Crippen molar-refractivity contribution in [2.75, 3.05) is 0 Å². The maximum Gasteiger partial charge on any atom is 0.269 e. The number of amides is 1. The molecule has 1 aromatic rings. The topological polar surface area (TPSA) is 89.3 Å². The number of sulfonamides is 1. The molecule has 1 heterocycles. The molecule has 17 heavy (non-hydrogen) atoms. The summed E-state index contributed by atoms with van der Waals surface area (Å²) in [6.45, 7) is 3.01. The Bertz CT molecular complexity index is 528. The molecular formula is C10H14N2O4S. The summed E-state index contributed by atoms with van der Waals surface area (Å²) in [5.74, 6) is -0.432. The van der Waals surface area contributed by atoms with Crippen LogP contribution in [0.4, 0.5) is 0 Å². The molecule has 6 nitrogen and oxygen atoms in total. The maximum absolute atomic E-state index is 11.8. The number of carbonyl (C=O) groups excluding carboxylic acids is 1. The molecule has 0 radical (unpaired) electrons. The molecular weight excluding hydrogens is 244 g/mol. The third-order valence-electron chi connectivity index (χ3n) is 2.66. The van der Waals surface area contributed by atoms with E-state index in [1.165, 1.54) is 20.1 Å². The van der Waals surface area contributed by atoms with Gasteiger partial charge < -0.3 is 4.52 Å². The van der Waals surface area contributed by atoms with Crippen molar-refractivity contribution in [2.24, 2.45) is 0 Å². The minimum atomic E-state index is -3.61. The van der Waals surface area contributed by atoms with Crippen molar-refractivity contribution in [3.8, 4) is 0 Å². The van der Waals surface area contributed by atoms with Crippen molar-refractivity contribution in [2.45, 2.75) is 37.9 Å². The van der Waals surface area contributed by atoms with Gasteiger partial charge in [-0.05, 0) is 26.7 Å². The number of aromatic nitrogens is 1. The molecule has 94 valence electrons. The van der Waals surface area contributed by atoms with Crippen LogP contribution in [0.5, 0.6) is 0 Å². The first-order chi connectivity index (χ1) is 7.92. The quantitative estimate of drug-likeness (QED) is 0.870. The lowest BCUT2D eigenvalue weighted by Crippen LogP contribution is -2.36. The van der Waals surface area contributed by atoms with Gasteiger partial charge in [-0.2, -0.15) is 0 Å². The predicted molar refractivity (Wildman–Crippen MR) is 60.0 cm³/mol. The van der Waals surface area contributed by atoms with Crippen molar-refractivity contribution in [1.29, 1.82) is 0 Å². The summed E-state index contributed by atoms with van der Waals surface area (Å²) < 4.78 is 29.9. The van der Waals surface area contributed by atoms with Gasteiger partial charge in [-0.25, -0.2) is 13.1 Å². The van der Waals surface area contributed by atoms with Gasteiger partial charge in [0.05, 0.1) is 10.9 Å². The summed E-state index contributed by atoms with van der Waals surface area (Å²) in [6, 6.07) is 0. The highest BCUT2D eigenvalue weighted by Crippen LogP contribution is 2.40. The highest BCUT2D eigenvalue weighted by Gasteiger charge is 2.33. The SMILES string of the molecule is CC(C)S(=O)(=O)NC(=O)c1conc1C1CC1. The van der Waals surface area contributed by atoms with Crippen molar-refractivity contribution >= 4 is 15.9 Å². The van der Waals surface area contributed by atoms with E-state index in [2.05, 4.69) is 5.16 Å². The normalized spacial score (nSPS) is 16.2. The van der Waals surface area contributed by atoms with E-state index in [9.17, 15) is 13.2 Å². The molecule has 1 aromatic heterocycles. The van der Waals surface area contributed by atoms with E-state index in [1.54, 1.807) is 0 Å². The highest BCUT2D eigenvalue weighted by atomic mass is 32.2. The Morgan fingerprint density at radius 1 is 1.53 bits per heavy atom. The van der Waals surface area contributed by atoms with Crippen LogP contribution < -0.4 is 4.72 Å². The molecule has 7 heteroatoms. The molecule has 1 amide bonds. The average Bonchev–Trinajstić information content (AvgIpc) is 2.95. The zero-order chi connectivity index (χ0) is 12.6. The fourth-order valence-electron chi connectivity index (χ4n) is 1.37. The van der Waals surface area contributed by atoms with Gasteiger partial charge in [-0.1, -0.05) is 5.16 Å². The molecule has 1 N–H and O–H groups in total. The molecule has 2 rings (SSSR count). The van der Waals surface area contributed by atoms with E-state index in [1.807, 2.05) is 4.72 Å². The van der Waals surface area contributed by atoms with Crippen LogP contribution in [0.25, 0.3) is 0 Å². The zero-order valence-electron chi connectivity index (χ0n) is 9.63. The maximum atomic E-state index is 11.8. The lowest BCUT2D eigenvalue weighted by molar-refractivity contribution is 0.0979. The average molecular weight is 258 g/mol. The number of hydrogen-bond donors (Lipinski definition) is 1. The second-order valence-electron chi connectivity index (χ2n) is 4.41. The standard InChI is InChI=1S/C10H14N2O4S/c1-6(2)17(14,15)12-10(13)8-5-16-11-9(8)7-3-4-7/h5-7H,3-4H2,1-2H3,(H,12,13). The Morgan fingerprint density at radius 2 is 2.18 bits per heavy atom. The van der Waals surface area contributed by atoms with Crippen LogP contribution in [0, 0.1) is 0 Å². The van der Waals surface area contributed by atoms with Gasteiger partial charge in [0.2, 0.25) is 10.0 Å². The summed E-state index contributed by atoms with van der Waals surface area (Å²) >= 11 is 0. The lowest BCUT2D eigenvalue weighted by Gasteiger charge is -2.08. The van der Waals surface area contributed by atoms with Crippen LogP contribution >= 0.6 is 0 Å².